The summed E-state index contributed by atoms with van der Waals surface area (Å²) >= 11 is 0. The molecule has 0 heterocycles. The van der Waals surface area contributed by atoms with Gasteiger partial charge in [-0.25, -0.2) is 13.1 Å². The van der Waals surface area contributed by atoms with Crippen LogP contribution in [0.4, 0.5) is 0 Å². The smallest absolute Gasteiger partial charge is 0.251 e. The number of nitrogens with two attached hydrogens (primary N) is 1. The minimum absolute atomic E-state index is 0.135. The first-order valence-electron chi connectivity index (χ1n) is 6.99. The number of carbonyl (C=O) groups excluding carboxylic acids is 1. The standard InChI is InChI=1S/C14H21N3O3S/c1-16-21(19,20)12-6-4-11(5-7-12)13(18)17-14(10-15)8-2-3-9-14/h4-7,16H,2-3,8-10,15H2,1H3,(H,17,18). The summed E-state index contributed by atoms with van der Waals surface area (Å²) in [5.41, 5.74) is 5.91. The summed E-state index contributed by atoms with van der Waals surface area (Å²) in [7, 11) is -2.13. The number of benzene rings is 1. The highest BCUT2D eigenvalue weighted by molar-refractivity contribution is 7.89. The van der Waals surface area contributed by atoms with Crippen LogP contribution < -0.4 is 15.8 Å². The topological polar surface area (TPSA) is 101 Å². The van der Waals surface area contributed by atoms with E-state index >= 15 is 0 Å². The molecule has 0 radical (unpaired) electrons. The number of sulfonamides is 1. The van der Waals surface area contributed by atoms with Crippen LogP contribution in [-0.2, 0) is 10.0 Å². The number of nitrogens with one attached hydrogen (secondary N) is 2. The number of hydrogen-bond acceptors (Lipinski definition) is 4. The van der Waals surface area contributed by atoms with Gasteiger partial charge in [0, 0.05) is 12.1 Å². The summed E-state index contributed by atoms with van der Waals surface area (Å²) in [5, 5.41) is 3.00. The van der Waals surface area contributed by atoms with E-state index in [2.05, 4.69) is 10.0 Å². The molecule has 2 rings (SSSR count). The van der Waals surface area contributed by atoms with Gasteiger partial charge in [0.2, 0.25) is 10.0 Å². The third-order valence-corrected chi connectivity index (χ3v) is 5.46. The molecule has 1 fully saturated rings. The zero-order valence-corrected chi connectivity index (χ0v) is 12.9. The van der Waals surface area contributed by atoms with Crippen molar-refractivity contribution in [3.05, 3.63) is 29.8 Å². The van der Waals surface area contributed by atoms with Crippen LogP contribution in [0.1, 0.15) is 36.0 Å². The van der Waals surface area contributed by atoms with Crippen molar-refractivity contribution in [2.24, 2.45) is 5.73 Å². The SMILES string of the molecule is CNS(=O)(=O)c1ccc(C(=O)NC2(CN)CCCC2)cc1. The highest BCUT2D eigenvalue weighted by atomic mass is 32.2. The Kier molecular flexibility index (Phi) is 4.65. The molecule has 116 valence electrons. The van der Waals surface area contributed by atoms with E-state index in [-0.39, 0.29) is 16.3 Å². The van der Waals surface area contributed by atoms with Crippen molar-refractivity contribution in [1.29, 1.82) is 0 Å². The van der Waals surface area contributed by atoms with Crippen LogP contribution in [0.3, 0.4) is 0 Å². The van der Waals surface area contributed by atoms with Crippen LogP contribution in [0, 0.1) is 0 Å². The van der Waals surface area contributed by atoms with Gasteiger partial charge in [-0.15, -0.1) is 0 Å². The van der Waals surface area contributed by atoms with E-state index in [1.165, 1.54) is 31.3 Å². The molecule has 1 aliphatic carbocycles. The summed E-state index contributed by atoms with van der Waals surface area (Å²) in [5.74, 6) is -0.212. The Balaban J connectivity index is 2.13. The van der Waals surface area contributed by atoms with Crippen molar-refractivity contribution < 1.29 is 13.2 Å². The van der Waals surface area contributed by atoms with Crippen molar-refractivity contribution in [1.82, 2.24) is 10.0 Å². The van der Waals surface area contributed by atoms with Crippen LogP contribution >= 0.6 is 0 Å². The lowest BCUT2D eigenvalue weighted by molar-refractivity contribution is 0.0903. The summed E-state index contributed by atoms with van der Waals surface area (Å²) in [6, 6.07) is 5.87. The molecule has 0 aliphatic heterocycles. The lowest BCUT2D eigenvalue weighted by Gasteiger charge is -2.28. The Bertz CT molecular complexity index is 605. The minimum atomic E-state index is -3.48. The van der Waals surface area contributed by atoms with Crippen molar-refractivity contribution >= 4 is 15.9 Å². The Morgan fingerprint density at radius 1 is 1.24 bits per heavy atom. The van der Waals surface area contributed by atoms with Gasteiger partial charge in [-0.2, -0.15) is 0 Å². The molecule has 0 aromatic heterocycles. The molecule has 1 saturated carbocycles. The third kappa shape index (κ3) is 3.42. The second kappa shape index (κ2) is 6.13. The molecule has 0 unspecified atom stereocenters. The lowest BCUT2D eigenvalue weighted by Crippen LogP contribution is -2.51. The first-order chi connectivity index (χ1) is 9.92. The van der Waals surface area contributed by atoms with Crippen LogP contribution in [0.25, 0.3) is 0 Å². The normalized spacial score (nSPS) is 17.6. The lowest BCUT2D eigenvalue weighted by atomic mass is 9.97. The minimum Gasteiger partial charge on any atom is -0.345 e. The fourth-order valence-electron chi connectivity index (χ4n) is 2.65. The maximum Gasteiger partial charge on any atom is 0.251 e. The quantitative estimate of drug-likeness (QED) is 0.741. The second-order valence-electron chi connectivity index (χ2n) is 5.38. The average molecular weight is 311 g/mol. The molecule has 0 saturated heterocycles. The first kappa shape index (κ1) is 15.9. The van der Waals surface area contributed by atoms with Crippen molar-refractivity contribution in [3.8, 4) is 0 Å². The number of hydrogen-bond donors (Lipinski definition) is 3. The van der Waals surface area contributed by atoms with Crippen molar-refractivity contribution in [2.75, 3.05) is 13.6 Å². The van der Waals surface area contributed by atoms with E-state index < -0.39 is 10.0 Å². The zero-order chi connectivity index (χ0) is 15.5. The van der Waals surface area contributed by atoms with Crippen LogP contribution in [0.2, 0.25) is 0 Å². The summed E-state index contributed by atoms with van der Waals surface area (Å²) in [6.45, 7) is 0.422. The van der Waals surface area contributed by atoms with Gasteiger partial charge in [0.15, 0.2) is 0 Å². The monoisotopic (exact) mass is 311 g/mol. The maximum atomic E-state index is 12.3. The molecule has 21 heavy (non-hydrogen) atoms. The van der Waals surface area contributed by atoms with Gasteiger partial charge >= 0.3 is 0 Å². The molecule has 0 spiro atoms. The summed E-state index contributed by atoms with van der Waals surface area (Å²) in [6.07, 6.45) is 3.91. The molecule has 0 atom stereocenters. The van der Waals surface area contributed by atoms with Gasteiger partial charge in [0.05, 0.1) is 10.4 Å². The number of amides is 1. The van der Waals surface area contributed by atoms with Crippen LogP contribution in [-0.4, -0.2) is 33.5 Å². The summed E-state index contributed by atoms with van der Waals surface area (Å²) < 4.78 is 25.5. The van der Waals surface area contributed by atoms with E-state index in [4.69, 9.17) is 5.73 Å². The third-order valence-electron chi connectivity index (χ3n) is 4.03. The van der Waals surface area contributed by atoms with Crippen LogP contribution in [0.5, 0.6) is 0 Å². The number of rotatable bonds is 5. The summed E-state index contributed by atoms with van der Waals surface area (Å²) in [4.78, 5) is 12.4. The van der Waals surface area contributed by atoms with Gasteiger partial charge in [0.25, 0.3) is 5.91 Å². The highest BCUT2D eigenvalue weighted by Crippen LogP contribution is 2.29. The predicted octanol–water partition coefficient (Wildman–Crippen LogP) is 0.596. The Labute approximate surface area is 125 Å². The fourth-order valence-corrected chi connectivity index (χ4v) is 3.38. The van der Waals surface area contributed by atoms with Gasteiger partial charge in [-0.1, -0.05) is 12.8 Å². The maximum absolute atomic E-state index is 12.3. The van der Waals surface area contributed by atoms with Gasteiger partial charge in [-0.3, -0.25) is 4.79 Å². The van der Waals surface area contributed by atoms with Gasteiger partial charge < -0.3 is 11.1 Å². The van der Waals surface area contributed by atoms with E-state index in [0.29, 0.717) is 12.1 Å². The van der Waals surface area contributed by atoms with E-state index in [1.54, 1.807) is 0 Å². The van der Waals surface area contributed by atoms with Crippen molar-refractivity contribution in [3.63, 3.8) is 0 Å². The molecular formula is C14H21N3O3S. The molecular weight excluding hydrogens is 290 g/mol. The van der Waals surface area contributed by atoms with Crippen LogP contribution in [0.15, 0.2) is 29.2 Å². The second-order valence-corrected chi connectivity index (χ2v) is 7.26. The molecule has 7 heteroatoms. The molecule has 0 bridgehead atoms. The molecule has 1 aromatic carbocycles. The Hall–Kier alpha value is -1.44. The highest BCUT2D eigenvalue weighted by Gasteiger charge is 2.34. The molecule has 1 amide bonds. The first-order valence-corrected chi connectivity index (χ1v) is 8.47. The molecule has 1 aliphatic rings. The fraction of sp³-hybridized carbons (Fsp3) is 0.500. The van der Waals surface area contributed by atoms with E-state index in [1.807, 2.05) is 0 Å². The Morgan fingerprint density at radius 3 is 2.29 bits per heavy atom. The average Bonchev–Trinajstić information content (AvgIpc) is 2.96. The van der Waals surface area contributed by atoms with E-state index in [9.17, 15) is 13.2 Å². The largest absolute Gasteiger partial charge is 0.345 e. The molecule has 4 N–H and O–H groups in total. The molecule has 6 nitrogen and oxygen atoms in total. The predicted molar refractivity (Wildman–Crippen MR) is 80.4 cm³/mol. The number of carbonyl (C=O) groups is 1. The zero-order valence-electron chi connectivity index (χ0n) is 12.1. The van der Waals surface area contributed by atoms with E-state index in [0.717, 1.165) is 25.7 Å². The Morgan fingerprint density at radius 2 is 1.81 bits per heavy atom. The van der Waals surface area contributed by atoms with Crippen molar-refractivity contribution in [2.45, 2.75) is 36.1 Å². The molecule has 1 aromatic rings. The van der Waals surface area contributed by atoms with Gasteiger partial charge in [-0.05, 0) is 44.2 Å². The van der Waals surface area contributed by atoms with Gasteiger partial charge in [0.1, 0.15) is 0 Å².